The predicted octanol–water partition coefficient (Wildman–Crippen LogP) is 4.94. The lowest BCUT2D eigenvalue weighted by Crippen LogP contribution is -3.02. The van der Waals surface area contributed by atoms with Crippen LogP contribution < -0.4 is 5.32 Å². The maximum atomic E-state index is 13.8. The Kier molecular flexibility index (Phi) is 4.67. The van der Waals surface area contributed by atoms with Gasteiger partial charge >= 0.3 is 0 Å². The zero-order chi connectivity index (χ0) is 21.7. The zero-order valence-electron chi connectivity index (χ0n) is 18.7. The van der Waals surface area contributed by atoms with Gasteiger partial charge < -0.3 is 5.32 Å². The third kappa shape index (κ3) is 2.78. The highest BCUT2D eigenvalue weighted by atomic mass is 16.1. The number of ketones is 1. The monoisotopic (exact) mass is 410 g/mol. The summed E-state index contributed by atoms with van der Waals surface area (Å²) in [5.41, 5.74) is 2.97. The van der Waals surface area contributed by atoms with Crippen LogP contribution in [0, 0.1) is 16.7 Å². The molecule has 0 aliphatic heterocycles. The van der Waals surface area contributed by atoms with E-state index in [0.29, 0.717) is 11.7 Å². The number of rotatable bonds is 5. The van der Waals surface area contributed by atoms with Gasteiger partial charge in [0.05, 0.1) is 0 Å². The van der Waals surface area contributed by atoms with E-state index in [0.717, 1.165) is 12.8 Å². The first-order chi connectivity index (χ1) is 14.9. The Hall–Kier alpha value is -2.71. The van der Waals surface area contributed by atoms with Crippen molar-refractivity contribution >= 4 is 5.78 Å². The molecule has 2 heteroatoms. The Morgan fingerprint density at radius 1 is 0.742 bits per heavy atom. The second kappa shape index (κ2) is 7.17. The highest BCUT2D eigenvalue weighted by Gasteiger charge is 2.69. The number of hydrogen-bond donors (Lipinski definition) is 1. The lowest BCUT2D eigenvalue weighted by Gasteiger charge is -2.37. The quantitative estimate of drug-likeness (QED) is 0.594. The normalized spacial score (nSPS) is 26.9. The minimum Gasteiger partial charge on any atom is -0.321 e. The molecule has 2 N–H and O–H groups in total. The molecule has 2 aliphatic carbocycles. The fourth-order valence-corrected chi connectivity index (χ4v) is 6.51. The molecule has 3 atom stereocenters. The predicted molar refractivity (Wildman–Crippen MR) is 125 cm³/mol. The van der Waals surface area contributed by atoms with Crippen molar-refractivity contribution in [2.75, 3.05) is 0 Å². The molecule has 158 valence electrons. The molecular formula is C29H32NO+. The van der Waals surface area contributed by atoms with Crippen LogP contribution in [0.2, 0.25) is 0 Å². The molecule has 0 aromatic heterocycles. The van der Waals surface area contributed by atoms with Gasteiger partial charge in [-0.1, -0.05) is 112 Å². The van der Waals surface area contributed by atoms with Crippen LogP contribution in [0.15, 0.2) is 91.0 Å². The van der Waals surface area contributed by atoms with Crippen molar-refractivity contribution in [3.8, 4) is 0 Å². The summed E-state index contributed by atoms with van der Waals surface area (Å²) in [6.45, 7) is 6.83. The van der Waals surface area contributed by atoms with Crippen LogP contribution in [0.5, 0.6) is 0 Å². The third-order valence-electron chi connectivity index (χ3n) is 8.70. The number of fused-ring (bicyclic) bond motifs is 2. The van der Waals surface area contributed by atoms with Crippen LogP contribution in [0.3, 0.4) is 0 Å². The second-order valence-corrected chi connectivity index (χ2v) is 10.2. The summed E-state index contributed by atoms with van der Waals surface area (Å²) in [6, 6.07) is 32.1. The lowest BCUT2D eigenvalue weighted by atomic mass is 9.70. The number of hydrogen-bond acceptors (Lipinski definition) is 1. The van der Waals surface area contributed by atoms with E-state index in [1.807, 2.05) is 0 Å². The van der Waals surface area contributed by atoms with Crippen LogP contribution in [0.4, 0.5) is 0 Å². The van der Waals surface area contributed by atoms with Gasteiger partial charge in [-0.05, 0) is 18.3 Å². The summed E-state index contributed by atoms with van der Waals surface area (Å²) in [5.74, 6) is 0.821. The molecule has 0 radical (unpaired) electrons. The highest BCUT2D eigenvalue weighted by molar-refractivity contribution is 5.93. The van der Waals surface area contributed by atoms with Crippen LogP contribution >= 0.6 is 0 Å². The van der Waals surface area contributed by atoms with E-state index >= 15 is 0 Å². The molecule has 0 unspecified atom stereocenters. The molecule has 2 aliphatic rings. The number of carbonyl (C=O) groups is 1. The van der Waals surface area contributed by atoms with Gasteiger partial charge in [0.1, 0.15) is 0 Å². The maximum Gasteiger partial charge on any atom is 0.196 e. The molecule has 5 rings (SSSR count). The molecule has 31 heavy (non-hydrogen) atoms. The minimum atomic E-state index is -0.471. The van der Waals surface area contributed by atoms with E-state index in [4.69, 9.17) is 0 Å². The second-order valence-electron chi connectivity index (χ2n) is 10.2. The average Bonchev–Trinajstić information content (AvgIpc) is 3.12. The largest absolute Gasteiger partial charge is 0.321 e. The highest BCUT2D eigenvalue weighted by Crippen LogP contribution is 2.63. The molecule has 2 fully saturated rings. The van der Waals surface area contributed by atoms with Gasteiger partial charge in [-0.2, -0.15) is 0 Å². The minimum absolute atomic E-state index is 0.0288. The number of nitrogens with two attached hydrogens (primary N) is 1. The molecule has 3 aromatic carbocycles. The van der Waals surface area contributed by atoms with E-state index in [1.54, 1.807) is 0 Å². The smallest absolute Gasteiger partial charge is 0.196 e. The maximum absolute atomic E-state index is 13.8. The Morgan fingerprint density at radius 3 is 1.52 bits per heavy atom. The Labute approximate surface area is 185 Å². The molecule has 3 aromatic rings. The molecule has 2 bridgehead atoms. The lowest BCUT2D eigenvalue weighted by molar-refractivity contribution is -0.741. The van der Waals surface area contributed by atoms with Crippen molar-refractivity contribution in [1.82, 2.24) is 0 Å². The van der Waals surface area contributed by atoms with Crippen molar-refractivity contribution in [2.24, 2.45) is 16.7 Å². The van der Waals surface area contributed by atoms with Gasteiger partial charge in [0.25, 0.3) is 0 Å². The summed E-state index contributed by atoms with van der Waals surface area (Å²) < 4.78 is 0. The molecule has 2 nitrogen and oxygen atoms in total. The summed E-state index contributed by atoms with van der Waals surface area (Å²) in [4.78, 5) is 13.8. The van der Waals surface area contributed by atoms with Crippen molar-refractivity contribution < 1.29 is 10.1 Å². The third-order valence-corrected chi connectivity index (χ3v) is 8.70. The first-order valence-electron chi connectivity index (χ1n) is 11.5. The van der Waals surface area contributed by atoms with E-state index < -0.39 is 5.54 Å². The molecule has 0 amide bonds. The number of carbonyl (C=O) groups excluding carboxylic acids is 1. The van der Waals surface area contributed by atoms with Gasteiger partial charge in [0, 0.05) is 28.0 Å². The first kappa shape index (κ1) is 20.2. The van der Waals surface area contributed by atoms with Crippen LogP contribution in [-0.2, 0) is 10.3 Å². The molecule has 0 saturated heterocycles. The molecule has 0 heterocycles. The van der Waals surface area contributed by atoms with Crippen molar-refractivity contribution in [3.63, 3.8) is 0 Å². The van der Waals surface area contributed by atoms with E-state index in [2.05, 4.69) is 117 Å². The summed E-state index contributed by atoms with van der Waals surface area (Å²) in [5, 5.41) is 2.41. The van der Waals surface area contributed by atoms with E-state index in [-0.39, 0.29) is 16.9 Å². The number of benzene rings is 3. The summed E-state index contributed by atoms with van der Waals surface area (Å²) in [7, 11) is 0. The van der Waals surface area contributed by atoms with Crippen molar-refractivity contribution in [3.05, 3.63) is 108 Å². The topological polar surface area (TPSA) is 33.7 Å². The van der Waals surface area contributed by atoms with Crippen molar-refractivity contribution in [1.29, 1.82) is 0 Å². The standard InChI is InChI=1S/C29H31NO/c1-27(2)24-19-20-28(27,3)26(31)25(24)30-29(21-13-7-4-8-14-21,22-15-9-5-10-16-22)23-17-11-6-12-18-23/h4-18,24-25,30H,19-20H2,1-3H3/p+1/t24-,25+,28-/m0/s1. The molecule has 0 spiro atoms. The van der Waals surface area contributed by atoms with Crippen molar-refractivity contribution in [2.45, 2.75) is 45.2 Å². The molecular weight excluding hydrogens is 378 g/mol. The number of Topliss-reactive ketones (excluding diaryl/α,β-unsaturated/α-hetero) is 1. The summed E-state index contributed by atoms with van der Waals surface area (Å²) >= 11 is 0. The fraction of sp³-hybridized carbons (Fsp3) is 0.345. The van der Waals surface area contributed by atoms with Gasteiger partial charge in [-0.15, -0.1) is 0 Å². The van der Waals surface area contributed by atoms with Gasteiger partial charge in [0.15, 0.2) is 17.4 Å². The Balaban J connectivity index is 1.73. The Bertz CT molecular complexity index is 977. The molecule has 2 saturated carbocycles. The number of quaternary nitrogens is 1. The first-order valence-corrected chi connectivity index (χ1v) is 11.5. The van der Waals surface area contributed by atoms with Crippen LogP contribution in [0.25, 0.3) is 0 Å². The zero-order valence-corrected chi connectivity index (χ0v) is 18.7. The average molecular weight is 411 g/mol. The fourth-order valence-electron chi connectivity index (χ4n) is 6.51. The van der Waals surface area contributed by atoms with Gasteiger partial charge in [-0.25, -0.2) is 0 Å². The van der Waals surface area contributed by atoms with Crippen LogP contribution in [-0.4, -0.2) is 11.8 Å². The van der Waals surface area contributed by atoms with E-state index in [1.165, 1.54) is 16.7 Å². The van der Waals surface area contributed by atoms with Gasteiger partial charge in [0.2, 0.25) is 0 Å². The van der Waals surface area contributed by atoms with E-state index in [9.17, 15) is 4.79 Å². The van der Waals surface area contributed by atoms with Gasteiger partial charge in [-0.3, -0.25) is 4.79 Å². The SMILES string of the molecule is CC1(C)[C@H]2CC[C@@]1(C)C(=O)[C@@H]2[NH2+]C(c1ccccc1)(c1ccccc1)c1ccccc1. The summed E-state index contributed by atoms with van der Waals surface area (Å²) in [6.07, 6.45) is 2.15. The Morgan fingerprint density at radius 2 is 1.16 bits per heavy atom. The van der Waals surface area contributed by atoms with Crippen LogP contribution in [0.1, 0.15) is 50.3 Å².